The van der Waals surface area contributed by atoms with Crippen molar-refractivity contribution in [2.24, 2.45) is 17.6 Å². The van der Waals surface area contributed by atoms with Crippen LogP contribution in [0.15, 0.2) is 24.3 Å². The quantitative estimate of drug-likeness (QED) is 0.800. The van der Waals surface area contributed by atoms with Gasteiger partial charge >= 0.3 is 0 Å². The maximum absolute atomic E-state index is 13.8. The van der Waals surface area contributed by atoms with Crippen LogP contribution in [0.1, 0.15) is 50.5 Å². The Hall–Kier alpha value is -1.69. The monoisotopic (exact) mass is 410 g/mol. The Labute approximate surface area is 168 Å². The first-order valence-electron chi connectivity index (χ1n) is 9.91. The standard InChI is InChI=1S/C21H25ClF2N2O2/c22-15-5-3-4-14(8-15)20(6-1-2-7-20)12-26-17(27)9-16(18(23)24)21(26)10-13(11-21)19(25)28/h3-5,8,13,16,18H,1-2,6-7,9-12H2,(H2,25,28). The van der Waals surface area contributed by atoms with E-state index in [0.29, 0.717) is 11.6 Å². The molecule has 1 atom stereocenters. The molecular formula is C21H25ClF2N2O2. The Bertz CT molecular complexity index is 788. The van der Waals surface area contributed by atoms with Crippen molar-refractivity contribution in [1.29, 1.82) is 0 Å². The minimum Gasteiger partial charge on any atom is -0.369 e. The first-order chi connectivity index (χ1) is 13.3. The van der Waals surface area contributed by atoms with Crippen molar-refractivity contribution in [3.05, 3.63) is 34.9 Å². The third-order valence-electron chi connectivity index (χ3n) is 7.29. The molecule has 152 valence electrons. The summed E-state index contributed by atoms with van der Waals surface area (Å²) in [6.45, 7) is 0.404. The van der Waals surface area contributed by atoms with Crippen molar-refractivity contribution in [1.82, 2.24) is 4.90 Å². The van der Waals surface area contributed by atoms with Crippen LogP contribution < -0.4 is 5.73 Å². The first kappa shape index (κ1) is 19.6. The molecule has 4 rings (SSSR count). The van der Waals surface area contributed by atoms with E-state index in [1.54, 1.807) is 4.90 Å². The van der Waals surface area contributed by atoms with Crippen LogP contribution in [-0.2, 0) is 15.0 Å². The van der Waals surface area contributed by atoms with Gasteiger partial charge in [-0.05, 0) is 43.4 Å². The van der Waals surface area contributed by atoms with Crippen molar-refractivity contribution in [3.63, 3.8) is 0 Å². The molecule has 0 radical (unpaired) electrons. The lowest BCUT2D eigenvalue weighted by Gasteiger charge is -2.54. The number of alkyl halides is 2. The Morgan fingerprint density at radius 3 is 2.54 bits per heavy atom. The van der Waals surface area contributed by atoms with Gasteiger partial charge in [-0.15, -0.1) is 0 Å². The van der Waals surface area contributed by atoms with Gasteiger partial charge in [-0.25, -0.2) is 8.78 Å². The fourth-order valence-electron chi connectivity index (χ4n) is 5.73. The fourth-order valence-corrected chi connectivity index (χ4v) is 5.93. The van der Waals surface area contributed by atoms with Crippen molar-refractivity contribution in [2.45, 2.75) is 62.3 Å². The number of amides is 2. The summed E-state index contributed by atoms with van der Waals surface area (Å²) in [5, 5.41) is 0.633. The van der Waals surface area contributed by atoms with Gasteiger partial charge in [-0.1, -0.05) is 36.6 Å². The van der Waals surface area contributed by atoms with Gasteiger partial charge in [0.15, 0.2) is 0 Å². The summed E-state index contributed by atoms with van der Waals surface area (Å²) >= 11 is 6.21. The smallest absolute Gasteiger partial charge is 0.244 e. The largest absolute Gasteiger partial charge is 0.369 e. The minimum absolute atomic E-state index is 0.158. The van der Waals surface area contributed by atoms with Crippen molar-refractivity contribution < 1.29 is 18.4 Å². The summed E-state index contributed by atoms with van der Waals surface area (Å²) in [7, 11) is 0. The van der Waals surface area contributed by atoms with E-state index in [4.69, 9.17) is 17.3 Å². The average Bonchev–Trinajstić information content (AvgIpc) is 3.18. The lowest BCUT2D eigenvalue weighted by molar-refractivity contribution is -0.146. The first-order valence-corrected chi connectivity index (χ1v) is 10.3. The Balaban J connectivity index is 1.68. The fraction of sp³-hybridized carbons (Fsp3) is 0.619. The molecule has 7 heteroatoms. The van der Waals surface area contributed by atoms with Gasteiger partial charge in [0.05, 0.1) is 11.5 Å². The third-order valence-corrected chi connectivity index (χ3v) is 7.52. The molecule has 2 aliphatic carbocycles. The number of halogens is 3. The van der Waals surface area contributed by atoms with Crippen LogP contribution in [0.3, 0.4) is 0 Å². The second kappa shape index (κ2) is 6.97. The van der Waals surface area contributed by atoms with E-state index in [2.05, 4.69) is 0 Å². The normalized spacial score (nSPS) is 31.6. The zero-order chi connectivity index (χ0) is 20.1. The van der Waals surface area contributed by atoms with Crippen LogP contribution in [0.5, 0.6) is 0 Å². The van der Waals surface area contributed by atoms with Crippen molar-refractivity contribution in [2.75, 3.05) is 6.54 Å². The predicted octanol–water partition coefficient (Wildman–Crippen LogP) is 3.90. The molecule has 4 nitrogen and oxygen atoms in total. The molecule has 1 aliphatic heterocycles. The summed E-state index contributed by atoms with van der Waals surface area (Å²) in [5.74, 6) is -2.17. The summed E-state index contributed by atoms with van der Waals surface area (Å²) in [4.78, 5) is 26.1. The van der Waals surface area contributed by atoms with Gasteiger partial charge in [-0.2, -0.15) is 0 Å². The molecule has 28 heavy (non-hydrogen) atoms. The van der Waals surface area contributed by atoms with E-state index in [9.17, 15) is 18.4 Å². The highest BCUT2D eigenvalue weighted by molar-refractivity contribution is 6.30. The highest BCUT2D eigenvalue weighted by atomic mass is 35.5. The second-order valence-corrected chi connectivity index (χ2v) is 9.17. The third kappa shape index (κ3) is 3.00. The summed E-state index contributed by atoms with van der Waals surface area (Å²) in [5.41, 5.74) is 5.24. The van der Waals surface area contributed by atoms with E-state index in [1.807, 2.05) is 24.3 Å². The molecular weight excluding hydrogens is 386 g/mol. The average molecular weight is 411 g/mol. The Kier molecular flexibility index (Phi) is 4.89. The van der Waals surface area contributed by atoms with Gasteiger partial charge in [0, 0.05) is 29.3 Å². The van der Waals surface area contributed by atoms with Gasteiger partial charge in [-0.3, -0.25) is 9.59 Å². The predicted molar refractivity (Wildman–Crippen MR) is 102 cm³/mol. The van der Waals surface area contributed by atoms with Crippen LogP contribution in [-0.4, -0.2) is 35.2 Å². The summed E-state index contributed by atoms with van der Waals surface area (Å²) < 4.78 is 27.6. The van der Waals surface area contributed by atoms with E-state index in [0.717, 1.165) is 31.2 Å². The zero-order valence-electron chi connectivity index (χ0n) is 15.7. The van der Waals surface area contributed by atoms with Crippen LogP contribution in [0.25, 0.3) is 0 Å². The maximum atomic E-state index is 13.8. The molecule has 2 amide bonds. The number of rotatable bonds is 5. The van der Waals surface area contributed by atoms with Crippen LogP contribution in [0.4, 0.5) is 8.78 Å². The molecule has 0 aromatic heterocycles. The number of benzene rings is 1. The molecule has 2 N–H and O–H groups in total. The zero-order valence-corrected chi connectivity index (χ0v) is 16.4. The SMILES string of the molecule is NC(=O)C1CC2(C1)C(C(F)F)CC(=O)N2CC1(c2cccc(Cl)c2)CCCC1. The maximum Gasteiger partial charge on any atom is 0.244 e. The molecule has 1 heterocycles. The van der Waals surface area contributed by atoms with E-state index in [1.165, 1.54) is 0 Å². The molecule has 2 saturated carbocycles. The van der Waals surface area contributed by atoms with E-state index < -0.39 is 29.7 Å². The van der Waals surface area contributed by atoms with Gasteiger partial charge < -0.3 is 10.6 Å². The number of nitrogens with zero attached hydrogens (tertiary/aromatic N) is 1. The number of primary amides is 1. The second-order valence-electron chi connectivity index (χ2n) is 8.73. The van der Waals surface area contributed by atoms with Gasteiger partial charge in [0.1, 0.15) is 0 Å². The van der Waals surface area contributed by atoms with Crippen LogP contribution >= 0.6 is 11.6 Å². The van der Waals surface area contributed by atoms with E-state index in [-0.39, 0.29) is 30.6 Å². The number of likely N-dealkylation sites (tertiary alicyclic amines) is 1. The number of hydrogen-bond donors (Lipinski definition) is 1. The molecule has 1 spiro atoms. The highest BCUT2D eigenvalue weighted by Gasteiger charge is 2.64. The molecule has 1 aromatic rings. The Morgan fingerprint density at radius 2 is 1.96 bits per heavy atom. The molecule has 1 unspecified atom stereocenters. The Morgan fingerprint density at radius 1 is 1.29 bits per heavy atom. The number of hydrogen-bond acceptors (Lipinski definition) is 2. The molecule has 3 aliphatic rings. The summed E-state index contributed by atoms with van der Waals surface area (Å²) in [6.07, 6.45) is 1.59. The minimum atomic E-state index is -2.59. The molecule has 1 aromatic carbocycles. The summed E-state index contributed by atoms with van der Waals surface area (Å²) in [6, 6.07) is 7.65. The number of carbonyl (C=O) groups excluding carboxylic acids is 2. The van der Waals surface area contributed by atoms with Crippen LogP contribution in [0.2, 0.25) is 5.02 Å². The lowest BCUT2D eigenvalue weighted by atomic mass is 9.61. The highest BCUT2D eigenvalue weighted by Crippen LogP contribution is 2.56. The van der Waals surface area contributed by atoms with Crippen molar-refractivity contribution >= 4 is 23.4 Å². The van der Waals surface area contributed by atoms with Crippen LogP contribution in [0, 0.1) is 11.8 Å². The van der Waals surface area contributed by atoms with Crippen molar-refractivity contribution in [3.8, 4) is 0 Å². The van der Waals surface area contributed by atoms with E-state index >= 15 is 0 Å². The molecule has 1 saturated heterocycles. The molecule has 0 bridgehead atoms. The van der Waals surface area contributed by atoms with Gasteiger partial charge in [0.25, 0.3) is 0 Å². The van der Waals surface area contributed by atoms with Gasteiger partial charge in [0.2, 0.25) is 18.2 Å². The lowest BCUT2D eigenvalue weighted by Crippen LogP contribution is -2.63. The number of nitrogens with two attached hydrogens (primary N) is 1. The molecule has 3 fully saturated rings. The topological polar surface area (TPSA) is 63.4 Å². The number of carbonyl (C=O) groups is 2.